The van der Waals surface area contributed by atoms with Gasteiger partial charge in [-0.3, -0.25) is 4.79 Å². The molecule has 0 saturated carbocycles. The van der Waals surface area contributed by atoms with E-state index in [1.165, 1.54) is 24.5 Å². The number of benzene rings is 1. The van der Waals surface area contributed by atoms with Crippen molar-refractivity contribution in [1.29, 1.82) is 0 Å². The number of aryl methyl sites for hydroxylation is 1. The van der Waals surface area contributed by atoms with Gasteiger partial charge in [0.25, 0.3) is 0 Å². The Kier molecular flexibility index (Phi) is 10.1. The van der Waals surface area contributed by atoms with Gasteiger partial charge in [0.05, 0.1) is 7.11 Å². The van der Waals surface area contributed by atoms with Crippen LogP contribution in [0.1, 0.15) is 37.6 Å². The molecule has 0 aliphatic heterocycles. The van der Waals surface area contributed by atoms with Gasteiger partial charge in [-0.25, -0.2) is 9.59 Å². The number of carbonyl (C=O) groups is 3. The zero-order valence-corrected chi connectivity index (χ0v) is 20.3. The second-order valence-electron chi connectivity index (χ2n) is 8.50. The topological polar surface area (TPSA) is 93.7 Å². The molecule has 7 nitrogen and oxygen atoms in total. The molecule has 2 unspecified atom stereocenters. The minimum Gasteiger partial charge on any atom is -0.466 e. The molecule has 8 heteroatoms. The highest BCUT2D eigenvalue weighted by atomic mass is 32.1. The van der Waals surface area contributed by atoms with Gasteiger partial charge < -0.3 is 20.1 Å². The molecule has 1 heterocycles. The number of hydrogen-bond acceptors (Lipinski definition) is 6. The Labute approximate surface area is 199 Å². The van der Waals surface area contributed by atoms with Crippen molar-refractivity contribution in [2.24, 2.45) is 0 Å². The number of rotatable bonds is 10. The first-order valence-electron chi connectivity index (χ1n) is 10.8. The summed E-state index contributed by atoms with van der Waals surface area (Å²) in [5.41, 5.74) is 0.431. The van der Waals surface area contributed by atoms with E-state index >= 15 is 0 Å². The number of hydrogen-bond donors (Lipinski definition) is 2. The average molecular weight is 473 g/mol. The van der Waals surface area contributed by atoms with Gasteiger partial charge in [-0.2, -0.15) is 0 Å². The van der Waals surface area contributed by atoms with Gasteiger partial charge >= 0.3 is 12.1 Å². The Balaban J connectivity index is 2.13. The molecule has 2 amide bonds. The molecular formula is C25H32N2O5S. The third-order valence-electron chi connectivity index (χ3n) is 4.57. The summed E-state index contributed by atoms with van der Waals surface area (Å²) in [6.45, 7) is 5.29. The van der Waals surface area contributed by atoms with E-state index in [4.69, 9.17) is 4.74 Å². The van der Waals surface area contributed by atoms with Crippen LogP contribution in [0.5, 0.6) is 0 Å². The van der Waals surface area contributed by atoms with E-state index in [2.05, 4.69) is 15.4 Å². The first kappa shape index (κ1) is 26.1. The van der Waals surface area contributed by atoms with E-state index in [0.29, 0.717) is 19.3 Å². The zero-order valence-electron chi connectivity index (χ0n) is 19.5. The van der Waals surface area contributed by atoms with Crippen molar-refractivity contribution in [3.63, 3.8) is 0 Å². The van der Waals surface area contributed by atoms with Gasteiger partial charge in [-0.15, -0.1) is 11.3 Å². The fourth-order valence-electron chi connectivity index (χ4n) is 3.02. The van der Waals surface area contributed by atoms with Crippen molar-refractivity contribution in [1.82, 2.24) is 10.6 Å². The number of alkyl carbamates (subject to hydrolysis) is 1. The van der Waals surface area contributed by atoms with E-state index in [1.807, 2.05) is 47.8 Å². The van der Waals surface area contributed by atoms with Crippen molar-refractivity contribution < 1.29 is 23.9 Å². The Morgan fingerprint density at radius 2 is 1.79 bits per heavy atom. The van der Waals surface area contributed by atoms with Crippen LogP contribution in [-0.2, 0) is 31.9 Å². The maximum absolute atomic E-state index is 13.2. The predicted octanol–water partition coefficient (Wildman–Crippen LogP) is 4.03. The monoisotopic (exact) mass is 472 g/mol. The number of amides is 2. The molecule has 0 bridgehead atoms. The highest BCUT2D eigenvalue weighted by Crippen LogP contribution is 2.14. The summed E-state index contributed by atoms with van der Waals surface area (Å²) < 4.78 is 10.0. The standard InChI is InChI=1S/C25H32N2O5S/c1-25(2,3)32-24(30)27-21(17-20-11-8-16-33-20)23(29)26-19(14-15-22(28)31-4)13-12-18-9-6-5-7-10-18/h5-11,14-16,19,21H,12-13,17H2,1-4H3,(H,26,29)(H,27,30). The molecule has 0 spiro atoms. The lowest BCUT2D eigenvalue weighted by Crippen LogP contribution is -2.51. The van der Waals surface area contributed by atoms with Crippen LogP contribution in [0.25, 0.3) is 0 Å². The van der Waals surface area contributed by atoms with Crippen LogP contribution in [0.4, 0.5) is 4.79 Å². The summed E-state index contributed by atoms with van der Waals surface area (Å²) in [5.74, 6) is -0.863. The van der Waals surface area contributed by atoms with Gasteiger partial charge in [-0.1, -0.05) is 42.5 Å². The van der Waals surface area contributed by atoms with Gasteiger partial charge in [-0.05, 0) is 50.6 Å². The van der Waals surface area contributed by atoms with E-state index in [-0.39, 0.29) is 5.91 Å². The summed E-state index contributed by atoms with van der Waals surface area (Å²) >= 11 is 1.51. The zero-order chi connectivity index (χ0) is 24.3. The molecule has 33 heavy (non-hydrogen) atoms. The Hall–Kier alpha value is -3.13. The molecule has 2 rings (SSSR count). The maximum Gasteiger partial charge on any atom is 0.408 e. The smallest absolute Gasteiger partial charge is 0.408 e. The molecule has 2 atom stereocenters. The molecule has 178 valence electrons. The molecule has 0 radical (unpaired) electrons. The lowest BCUT2D eigenvalue weighted by molar-refractivity contribution is -0.135. The summed E-state index contributed by atoms with van der Waals surface area (Å²) in [6, 6.07) is 12.4. The lowest BCUT2D eigenvalue weighted by atomic mass is 10.0. The summed E-state index contributed by atoms with van der Waals surface area (Å²) in [5, 5.41) is 7.55. The minimum absolute atomic E-state index is 0.328. The average Bonchev–Trinajstić information content (AvgIpc) is 3.27. The van der Waals surface area contributed by atoms with E-state index < -0.39 is 29.7 Å². The quantitative estimate of drug-likeness (QED) is 0.402. The van der Waals surface area contributed by atoms with Crippen molar-refractivity contribution in [2.75, 3.05) is 7.11 Å². The normalized spacial score (nSPS) is 13.2. The van der Waals surface area contributed by atoms with E-state index in [1.54, 1.807) is 26.8 Å². The Morgan fingerprint density at radius 3 is 2.39 bits per heavy atom. The number of thiophene rings is 1. The molecular weight excluding hydrogens is 440 g/mol. The fourth-order valence-corrected chi connectivity index (χ4v) is 3.77. The fraction of sp³-hybridized carbons (Fsp3) is 0.400. The summed E-state index contributed by atoms with van der Waals surface area (Å²) in [6.07, 6.45) is 3.85. The predicted molar refractivity (Wildman–Crippen MR) is 129 cm³/mol. The minimum atomic E-state index is -0.829. The molecule has 0 aliphatic rings. The van der Waals surface area contributed by atoms with Gasteiger partial charge in [0, 0.05) is 23.4 Å². The maximum atomic E-state index is 13.2. The van der Waals surface area contributed by atoms with Crippen LogP contribution in [0.15, 0.2) is 60.0 Å². The van der Waals surface area contributed by atoms with E-state index in [9.17, 15) is 14.4 Å². The highest BCUT2D eigenvalue weighted by molar-refractivity contribution is 7.09. The van der Waals surface area contributed by atoms with Crippen LogP contribution in [0, 0.1) is 0 Å². The first-order valence-corrected chi connectivity index (χ1v) is 11.7. The van der Waals surface area contributed by atoms with Gasteiger partial charge in [0.1, 0.15) is 11.6 Å². The molecule has 1 aromatic carbocycles. The number of carbonyl (C=O) groups excluding carboxylic acids is 3. The lowest BCUT2D eigenvalue weighted by Gasteiger charge is -2.24. The molecule has 2 aromatic rings. The van der Waals surface area contributed by atoms with Crippen molar-refractivity contribution in [2.45, 2.75) is 57.7 Å². The Morgan fingerprint density at radius 1 is 1.06 bits per heavy atom. The molecule has 0 saturated heterocycles. The summed E-state index contributed by atoms with van der Waals surface area (Å²) in [7, 11) is 1.30. The molecule has 0 aliphatic carbocycles. The van der Waals surface area contributed by atoms with E-state index in [0.717, 1.165) is 10.4 Å². The van der Waals surface area contributed by atoms with Crippen LogP contribution < -0.4 is 10.6 Å². The van der Waals surface area contributed by atoms with Crippen LogP contribution in [-0.4, -0.2) is 42.8 Å². The number of esters is 1. The van der Waals surface area contributed by atoms with Crippen molar-refractivity contribution in [3.8, 4) is 0 Å². The van der Waals surface area contributed by atoms with Crippen LogP contribution in [0.2, 0.25) is 0 Å². The summed E-state index contributed by atoms with van der Waals surface area (Å²) in [4.78, 5) is 38.1. The van der Waals surface area contributed by atoms with Crippen molar-refractivity contribution in [3.05, 3.63) is 70.4 Å². The number of ether oxygens (including phenoxy) is 2. The van der Waals surface area contributed by atoms with Crippen LogP contribution >= 0.6 is 11.3 Å². The van der Waals surface area contributed by atoms with Gasteiger partial charge in [0.15, 0.2) is 0 Å². The molecule has 0 fully saturated rings. The SMILES string of the molecule is COC(=O)C=CC(CCc1ccccc1)NC(=O)C(Cc1cccs1)NC(=O)OC(C)(C)C. The van der Waals surface area contributed by atoms with Crippen LogP contribution in [0.3, 0.4) is 0 Å². The number of methoxy groups -OCH3 is 1. The van der Waals surface area contributed by atoms with Gasteiger partial charge in [0.2, 0.25) is 5.91 Å². The second kappa shape index (κ2) is 12.8. The second-order valence-corrected chi connectivity index (χ2v) is 9.54. The van der Waals surface area contributed by atoms with Crippen molar-refractivity contribution >= 4 is 29.3 Å². The third-order valence-corrected chi connectivity index (χ3v) is 5.47. The Bertz CT molecular complexity index is 920. The largest absolute Gasteiger partial charge is 0.466 e. The molecule has 2 N–H and O–H groups in total. The third kappa shape index (κ3) is 10.4. The molecule has 1 aromatic heterocycles. The highest BCUT2D eigenvalue weighted by Gasteiger charge is 2.26. The number of nitrogens with one attached hydrogen (secondary N) is 2. The first-order chi connectivity index (χ1) is 15.7.